The molecule has 0 aliphatic rings. The first-order chi connectivity index (χ1) is 14.2. The molecule has 30 heavy (non-hydrogen) atoms. The maximum absolute atomic E-state index is 12.5. The normalized spacial score (nSPS) is 12.8. The predicted molar refractivity (Wildman–Crippen MR) is 119 cm³/mol. The standard InChI is InChI=1S/C25H28O5/c1-16(2)22(27)13-5-17(3)4-11-20-24(29)15-12-21(25(20)30)23(28)14-8-18-6-9-19(26)10-7-18/h4,6-10,12,14-15,22,26-27,29-30H,1,5,11,13H2,2-3H3/b14-8+,17-4+/t22-/m0/s1. The van der Waals surface area contributed by atoms with Gasteiger partial charge in [-0.1, -0.05) is 42.0 Å². The van der Waals surface area contributed by atoms with Gasteiger partial charge in [-0.3, -0.25) is 4.79 Å². The van der Waals surface area contributed by atoms with E-state index in [1.807, 2.05) is 13.0 Å². The number of carbonyl (C=O) groups is 1. The van der Waals surface area contributed by atoms with Gasteiger partial charge in [-0.05, 0) is 69.0 Å². The van der Waals surface area contributed by atoms with Crippen LogP contribution in [0.3, 0.4) is 0 Å². The summed E-state index contributed by atoms with van der Waals surface area (Å²) < 4.78 is 0. The zero-order valence-corrected chi connectivity index (χ0v) is 17.3. The molecule has 1 atom stereocenters. The van der Waals surface area contributed by atoms with Crippen LogP contribution in [0.15, 0.2) is 66.3 Å². The summed E-state index contributed by atoms with van der Waals surface area (Å²) in [5, 5.41) is 39.8. The van der Waals surface area contributed by atoms with Gasteiger partial charge in [0.2, 0.25) is 0 Å². The van der Waals surface area contributed by atoms with Crippen LogP contribution in [0, 0.1) is 0 Å². The fraction of sp³-hybridized carbons (Fsp3) is 0.240. The Morgan fingerprint density at radius 3 is 2.37 bits per heavy atom. The van der Waals surface area contributed by atoms with Gasteiger partial charge < -0.3 is 20.4 Å². The molecule has 0 aromatic heterocycles. The van der Waals surface area contributed by atoms with E-state index >= 15 is 0 Å². The van der Waals surface area contributed by atoms with Gasteiger partial charge in [-0.15, -0.1) is 0 Å². The maximum Gasteiger partial charge on any atom is 0.189 e. The molecule has 0 aliphatic heterocycles. The van der Waals surface area contributed by atoms with E-state index < -0.39 is 11.9 Å². The second-order valence-corrected chi connectivity index (χ2v) is 7.40. The van der Waals surface area contributed by atoms with Crippen molar-refractivity contribution in [2.75, 3.05) is 0 Å². The molecule has 2 rings (SSSR count). The molecule has 2 aromatic carbocycles. The van der Waals surface area contributed by atoms with Crippen LogP contribution >= 0.6 is 0 Å². The Morgan fingerprint density at radius 1 is 1.07 bits per heavy atom. The van der Waals surface area contributed by atoms with E-state index in [1.165, 1.54) is 30.3 Å². The van der Waals surface area contributed by atoms with Crippen molar-refractivity contribution in [3.8, 4) is 17.2 Å². The molecule has 0 heterocycles. The molecule has 0 amide bonds. The van der Waals surface area contributed by atoms with Crippen molar-refractivity contribution in [1.82, 2.24) is 0 Å². The minimum atomic E-state index is -0.559. The van der Waals surface area contributed by atoms with Gasteiger partial charge in [0.05, 0.1) is 11.7 Å². The number of hydrogen-bond acceptors (Lipinski definition) is 5. The summed E-state index contributed by atoms with van der Waals surface area (Å²) in [5.41, 5.74) is 2.82. The van der Waals surface area contributed by atoms with E-state index in [4.69, 9.17) is 0 Å². The summed E-state index contributed by atoms with van der Waals surface area (Å²) in [6, 6.07) is 9.15. The van der Waals surface area contributed by atoms with Crippen LogP contribution in [0.4, 0.5) is 0 Å². The molecular formula is C25H28O5. The van der Waals surface area contributed by atoms with Crippen LogP contribution in [0.2, 0.25) is 0 Å². The molecule has 0 spiro atoms. The highest BCUT2D eigenvalue weighted by molar-refractivity contribution is 6.09. The number of rotatable bonds is 9. The van der Waals surface area contributed by atoms with Crippen LogP contribution in [0.25, 0.3) is 6.08 Å². The van der Waals surface area contributed by atoms with Gasteiger partial charge in [0.25, 0.3) is 0 Å². The lowest BCUT2D eigenvalue weighted by atomic mass is 9.99. The summed E-state index contributed by atoms with van der Waals surface area (Å²) in [4.78, 5) is 12.5. The Kier molecular flexibility index (Phi) is 8.01. The van der Waals surface area contributed by atoms with Crippen LogP contribution in [0.5, 0.6) is 17.2 Å². The minimum absolute atomic E-state index is 0.0856. The van der Waals surface area contributed by atoms with Crippen molar-refractivity contribution in [3.63, 3.8) is 0 Å². The molecule has 5 heteroatoms. The summed E-state index contributed by atoms with van der Waals surface area (Å²) in [6.07, 6.45) is 5.69. The van der Waals surface area contributed by atoms with Crippen molar-refractivity contribution in [2.24, 2.45) is 0 Å². The Balaban J connectivity index is 2.14. The zero-order valence-electron chi connectivity index (χ0n) is 17.3. The highest BCUT2D eigenvalue weighted by Crippen LogP contribution is 2.32. The Bertz CT molecular complexity index is 968. The predicted octanol–water partition coefficient (Wildman–Crippen LogP) is 4.91. The number of allylic oxidation sites excluding steroid dienone is 3. The topological polar surface area (TPSA) is 98.0 Å². The molecule has 0 fully saturated rings. The lowest BCUT2D eigenvalue weighted by Crippen LogP contribution is -2.06. The molecule has 0 unspecified atom stereocenters. The molecule has 0 saturated heterocycles. The van der Waals surface area contributed by atoms with E-state index in [2.05, 4.69) is 6.58 Å². The first-order valence-corrected chi connectivity index (χ1v) is 9.73. The Hall–Kier alpha value is -3.31. The van der Waals surface area contributed by atoms with Crippen molar-refractivity contribution < 1.29 is 25.2 Å². The van der Waals surface area contributed by atoms with Crippen molar-refractivity contribution in [2.45, 2.75) is 39.2 Å². The number of aliphatic hydroxyl groups excluding tert-OH is 1. The second-order valence-electron chi connectivity index (χ2n) is 7.40. The van der Waals surface area contributed by atoms with Gasteiger partial charge in [-0.25, -0.2) is 0 Å². The van der Waals surface area contributed by atoms with Crippen LogP contribution in [0.1, 0.15) is 48.2 Å². The third kappa shape index (κ3) is 6.36. The number of carbonyl (C=O) groups excluding carboxylic acids is 1. The first-order valence-electron chi connectivity index (χ1n) is 9.73. The highest BCUT2D eigenvalue weighted by atomic mass is 16.3. The van der Waals surface area contributed by atoms with Gasteiger partial charge >= 0.3 is 0 Å². The summed E-state index contributed by atoms with van der Waals surface area (Å²) in [7, 11) is 0. The fourth-order valence-corrected chi connectivity index (χ4v) is 2.86. The van der Waals surface area contributed by atoms with Crippen molar-refractivity contribution in [1.29, 1.82) is 0 Å². The summed E-state index contributed by atoms with van der Waals surface area (Å²) in [5.74, 6) is -0.595. The third-order valence-electron chi connectivity index (χ3n) is 4.88. The average Bonchev–Trinajstić information content (AvgIpc) is 2.71. The van der Waals surface area contributed by atoms with Crippen LogP contribution in [-0.2, 0) is 6.42 Å². The molecule has 158 valence electrons. The summed E-state index contributed by atoms with van der Waals surface area (Å²) >= 11 is 0. The van der Waals surface area contributed by atoms with E-state index in [0.717, 1.165) is 11.1 Å². The maximum atomic E-state index is 12.5. The van der Waals surface area contributed by atoms with E-state index in [-0.39, 0.29) is 34.8 Å². The van der Waals surface area contributed by atoms with E-state index in [1.54, 1.807) is 25.1 Å². The molecule has 2 aromatic rings. The zero-order chi connectivity index (χ0) is 22.3. The van der Waals surface area contributed by atoms with Crippen molar-refractivity contribution in [3.05, 3.63) is 83.0 Å². The number of benzene rings is 2. The molecular weight excluding hydrogens is 380 g/mol. The summed E-state index contributed by atoms with van der Waals surface area (Å²) in [6.45, 7) is 7.42. The second kappa shape index (κ2) is 10.5. The monoisotopic (exact) mass is 408 g/mol. The molecule has 0 aliphatic carbocycles. The van der Waals surface area contributed by atoms with E-state index in [9.17, 15) is 25.2 Å². The molecule has 0 radical (unpaired) electrons. The van der Waals surface area contributed by atoms with Crippen LogP contribution in [-0.4, -0.2) is 32.3 Å². The molecule has 4 N–H and O–H groups in total. The Labute approximate surface area is 177 Å². The molecule has 5 nitrogen and oxygen atoms in total. The van der Waals surface area contributed by atoms with Gasteiger partial charge in [-0.2, -0.15) is 0 Å². The number of phenols is 3. The number of ketones is 1. The largest absolute Gasteiger partial charge is 0.508 e. The minimum Gasteiger partial charge on any atom is -0.508 e. The number of hydrogen-bond donors (Lipinski definition) is 4. The smallest absolute Gasteiger partial charge is 0.189 e. The number of aromatic hydroxyl groups is 3. The lowest BCUT2D eigenvalue weighted by molar-refractivity contribution is 0.104. The van der Waals surface area contributed by atoms with Crippen molar-refractivity contribution >= 4 is 11.9 Å². The van der Waals surface area contributed by atoms with Gasteiger partial charge in [0, 0.05) is 5.56 Å². The fourth-order valence-electron chi connectivity index (χ4n) is 2.86. The number of aliphatic hydroxyl groups is 1. The third-order valence-corrected chi connectivity index (χ3v) is 4.88. The van der Waals surface area contributed by atoms with E-state index in [0.29, 0.717) is 18.4 Å². The SMILES string of the molecule is C=C(C)[C@@H](O)CC/C(C)=C/Cc1c(O)ccc(C(=O)/C=C/c2ccc(O)cc2)c1O. The Morgan fingerprint density at radius 2 is 1.73 bits per heavy atom. The average molecular weight is 408 g/mol. The van der Waals surface area contributed by atoms with Crippen LogP contribution < -0.4 is 0 Å². The number of phenolic OH excluding ortho intramolecular Hbond substituents is 3. The van der Waals surface area contributed by atoms with Gasteiger partial charge in [0.1, 0.15) is 17.2 Å². The van der Waals surface area contributed by atoms with Gasteiger partial charge in [0.15, 0.2) is 5.78 Å². The first kappa shape index (κ1) is 23.0. The highest BCUT2D eigenvalue weighted by Gasteiger charge is 2.15. The molecule has 0 bridgehead atoms. The quantitative estimate of drug-likeness (QED) is 0.269. The molecule has 0 saturated carbocycles. The lowest BCUT2D eigenvalue weighted by Gasteiger charge is -2.11.